The van der Waals surface area contributed by atoms with E-state index in [2.05, 4.69) is 4.98 Å². The van der Waals surface area contributed by atoms with Crippen LogP contribution in [0.25, 0.3) is 17.1 Å². The first-order valence-electron chi connectivity index (χ1n) is 7.26. The molecular weight excluding hydrogens is 346 g/mol. The van der Waals surface area contributed by atoms with Crippen LogP contribution in [0.2, 0.25) is 0 Å². The number of anilines is 1. The van der Waals surface area contributed by atoms with E-state index in [0.717, 1.165) is 8.87 Å². The van der Waals surface area contributed by atoms with Crippen LogP contribution >= 0.6 is 10.8 Å². The van der Waals surface area contributed by atoms with Gasteiger partial charge in [-0.3, -0.25) is 18.2 Å². The fourth-order valence-corrected chi connectivity index (χ4v) is 4.21. The number of benzene rings is 1. The lowest BCUT2D eigenvalue weighted by Crippen LogP contribution is -2.39. The summed E-state index contributed by atoms with van der Waals surface area (Å²) in [5.74, 6) is -0.802. The average molecular weight is 359 g/mol. The maximum Gasteiger partial charge on any atom is 0.428 e. The maximum absolute atomic E-state index is 13.0. The van der Waals surface area contributed by atoms with Crippen LogP contribution in [-0.4, -0.2) is 25.7 Å². The molecule has 0 atom stereocenters. The first-order chi connectivity index (χ1) is 11.9. The summed E-state index contributed by atoms with van der Waals surface area (Å²) in [7, 11) is -2.06. The Balaban J connectivity index is 2.11. The van der Waals surface area contributed by atoms with E-state index in [-0.39, 0.29) is 22.2 Å². The van der Waals surface area contributed by atoms with Gasteiger partial charge in [-0.25, -0.2) is 9.78 Å². The Labute approximate surface area is 143 Å². The smallest absolute Gasteiger partial charge is 0.406 e. The predicted octanol–water partition coefficient (Wildman–Crippen LogP) is 2.33. The molecule has 1 aliphatic heterocycles. The number of nitrogens with zero attached hydrogens (tertiary/aromatic N) is 3. The number of fused-ring (bicyclic) bond motifs is 3. The van der Waals surface area contributed by atoms with Crippen LogP contribution in [0.3, 0.4) is 0 Å². The highest BCUT2D eigenvalue weighted by atomic mass is 32.3. The molecular formula is C16H13N3O5S. The van der Waals surface area contributed by atoms with E-state index in [4.69, 9.17) is 4.42 Å². The van der Waals surface area contributed by atoms with Crippen LogP contribution in [0.5, 0.6) is 0 Å². The second-order valence-corrected chi connectivity index (χ2v) is 7.41. The molecule has 128 valence electrons. The first-order valence-corrected chi connectivity index (χ1v) is 8.76. The highest BCUT2D eigenvalue weighted by Gasteiger charge is 2.37. The monoisotopic (exact) mass is 359 g/mol. The van der Waals surface area contributed by atoms with Gasteiger partial charge in [-0.15, -0.1) is 0 Å². The number of aromatic nitrogens is 2. The van der Waals surface area contributed by atoms with E-state index in [0.29, 0.717) is 5.56 Å². The van der Waals surface area contributed by atoms with Crippen molar-refractivity contribution in [1.29, 1.82) is 0 Å². The van der Waals surface area contributed by atoms with Gasteiger partial charge in [0, 0.05) is 18.8 Å². The van der Waals surface area contributed by atoms with Crippen molar-refractivity contribution in [3.05, 3.63) is 69.6 Å². The van der Waals surface area contributed by atoms with Gasteiger partial charge in [0.15, 0.2) is 11.4 Å². The number of pyridine rings is 1. The molecule has 2 N–H and O–H groups in total. The molecule has 9 heteroatoms. The Morgan fingerprint density at radius 3 is 2.52 bits per heavy atom. The number of hydrogen-bond donors (Lipinski definition) is 2. The molecule has 0 unspecified atom stereocenters. The van der Waals surface area contributed by atoms with Gasteiger partial charge in [0.05, 0.1) is 4.90 Å². The molecule has 1 aromatic carbocycles. The number of rotatable bonds is 1. The Hall–Kier alpha value is -2.88. The van der Waals surface area contributed by atoms with Gasteiger partial charge in [-0.2, -0.15) is 4.57 Å². The van der Waals surface area contributed by atoms with E-state index in [1.807, 2.05) is 0 Å². The summed E-state index contributed by atoms with van der Waals surface area (Å²) in [4.78, 5) is 29.6. The van der Waals surface area contributed by atoms with Crippen LogP contribution in [0.4, 0.5) is 5.69 Å². The van der Waals surface area contributed by atoms with Gasteiger partial charge in [-0.1, -0.05) is 29.0 Å². The van der Waals surface area contributed by atoms with Crippen molar-refractivity contribution in [3.8, 4) is 17.1 Å². The minimum atomic E-state index is -3.43. The van der Waals surface area contributed by atoms with Crippen LogP contribution in [0.15, 0.2) is 67.6 Å². The van der Waals surface area contributed by atoms with Gasteiger partial charge in [-0.05, 0) is 24.3 Å². The second-order valence-electron chi connectivity index (χ2n) is 5.39. The summed E-state index contributed by atoms with van der Waals surface area (Å²) < 4.78 is 28.3. The maximum atomic E-state index is 13.0. The fraction of sp³-hybridized carbons (Fsp3) is 0.0625. The van der Waals surface area contributed by atoms with Gasteiger partial charge in [0.1, 0.15) is 5.82 Å². The van der Waals surface area contributed by atoms with Gasteiger partial charge >= 0.3 is 5.76 Å². The van der Waals surface area contributed by atoms with Crippen molar-refractivity contribution >= 4 is 16.5 Å². The molecule has 3 heterocycles. The normalized spacial score (nSPS) is 16.0. The Morgan fingerprint density at radius 1 is 1.08 bits per heavy atom. The lowest BCUT2D eigenvalue weighted by Gasteiger charge is -2.45. The summed E-state index contributed by atoms with van der Waals surface area (Å²) in [5, 5.41) is 0. The largest absolute Gasteiger partial charge is 0.428 e. The lowest BCUT2D eigenvalue weighted by molar-refractivity contribution is 0.456. The Kier molecular flexibility index (Phi) is 3.32. The van der Waals surface area contributed by atoms with Crippen molar-refractivity contribution in [2.75, 3.05) is 11.4 Å². The molecule has 4 rings (SSSR count). The molecule has 3 aromatic rings. The van der Waals surface area contributed by atoms with Crippen molar-refractivity contribution in [1.82, 2.24) is 9.55 Å². The van der Waals surface area contributed by atoms with E-state index in [1.165, 1.54) is 25.4 Å². The Morgan fingerprint density at radius 2 is 1.80 bits per heavy atom. The third kappa shape index (κ3) is 2.14. The van der Waals surface area contributed by atoms with Crippen molar-refractivity contribution in [3.63, 3.8) is 0 Å². The minimum Gasteiger partial charge on any atom is -0.406 e. The zero-order valence-electron chi connectivity index (χ0n) is 13.0. The highest BCUT2D eigenvalue weighted by molar-refractivity contribution is 8.25. The molecule has 0 aliphatic carbocycles. The summed E-state index contributed by atoms with van der Waals surface area (Å²) >= 11 is 0. The standard InChI is InChI=1S/C16H13N3O5S/c1-18-13-14(10-6-2-3-7-11(10)25(18,22)23)24-16(21)19(15(13)20)12-8-4-5-9-17-12/h2-9,22-23H,1H3. The summed E-state index contributed by atoms with van der Waals surface area (Å²) in [6, 6.07) is 11.2. The quantitative estimate of drug-likeness (QED) is 0.686. The molecule has 0 bridgehead atoms. The van der Waals surface area contributed by atoms with E-state index < -0.39 is 22.1 Å². The van der Waals surface area contributed by atoms with E-state index in [1.54, 1.807) is 30.3 Å². The van der Waals surface area contributed by atoms with Gasteiger partial charge in [0.2, 0.25) is 0 Å². The molecule has 0 spiro atoms. The molecule has 25 heavy (non-hydrogen) atoms. The van der Waals surface area contributed by atoms with Gasteiger partial charge < -0.3 is 4.42 Å². The lowest BCUT2D eigenvalue weighted by atomic mass is 10.1. The molecule has 0 radical (unpaired) electrons. The highest BCUT2D eigenvalue weighted by Crippen LogP contribution is 2.60. The van der Waals surface area contributed by atoms with Crippen molar-refractivity contribution in [2.24, 2.45) is 0 Å². The number of hydrogen-bond acceptors (Lipinski definition) is 7. The van der Waals surface area contributed by atoms with Crippen LogP contribution in [0, 0.1) is 0 Å². The summed E-state index contributed by atoms with van der Waals surface area (Å²) in [6.45, 7) is 0. The second kappa shape index (κ2) is 5.31. The zero-order valence-corrected chi connectivity index (χ0v) is 13.8. The summed E-state index contributed by atoms with van der Waals surface area (Å²) in [5.41, 5.74) is -0.538. The Bertz CT molecular complexity index is 1090. The van der Waals surface area contributed by atoms with Gasteiger partial charge in [0.25, 0.3) is 5.56 Å². The van der Waals surface area contributed by atoms with Crippen molar-refractivity contribution in [2.45, 2.75) is 4.90 Å². The van der Waals surface area contributed by atoms with E-state index in [9.17, 15) is 18.7 Å². The third-order valence-corrected chi connectivity index (χ3v) is 5.89. The summed E-state index contributed by atoms with van der Waals surface area (Å²) in [6.07, 6.45) is 1.44. The molecule has 0 amide bonds. The van der Waals surface area contributed by atoms with Crippen LogP contribution in [-0.2, 0) is 0 Å². The molecule has 0 saturated heterocycles. The SMILES string of the molecule is CN1c2c(oc(=O)n(-c3ccccn3)c2=O)-c2ccccc2S1(O)O. The average Bonchev–Trinajstić information content (AvgIpc) is 2.61. The minimum absolute atomic E-state index is 0.00602. The zero-order chi connectivity index (χ0) is 17.8. The molecule has 1 aliphatic rings. The van der Waals surface area contributed by atoms with E-state index >= 15 is 0 Å². The third-order valence-electron chi connectivity index (χ3n) is 3.99. The molecule has 2 aromatic heterocycles. The first kappa shape index (κ1) is 15.6. The van der Waals surface area contributed by atoms with Crippen LogP contribution in [0.1, 0.15) is 0 Å². The molecule has 0 saturated carbocycles. The fourth-order valence-electron chi connectivity index (χ4n) is 2.78. The predicted molar refractivity (Wildman–Crippen MR) is 93.3 cm³/mol. The molecule has 0 fully saturated rings. The van der Waals surface area contributed by atoms with Crippen LogP contribution < -0.4 is 15.6 Å². The van der Waals surface area contributed by atoms with Crippen molar-refractivity contribution < 1.29 is 13.5 Å². The topological polar surface area (TPSA) is 109 Å². The molecule has 8 nitrogen and oxygen atoms in total.